The third-order valence-electron chi connectivity index (χ3n) is 3.50. The van der Waals surface area contributed by atoms with E-state index in [-0.39, 0.29) is 18.1 Å². The van der Waals surface area contributed by atoms with Crippen molar-refractivity contribution >= 4 is 16.8 Å². The van der Waals surface area contributed by atoms with Gasteiger partial charge in [0.25, 0.3) is 5.91 Å². The second-order valence-electron chi connectivity index (χ2n) is 5.37. The number of nitrogens with one attached hydrogen (secondary N) is 1. The molecule has 0 saturated carbocycles. The first-order valence-corrected chi connectivity index (χ1v) is 7.30. The Balaban J connectivity index is 1.92. The molecule has 0 aliphatic rings. The van der Waals surface area contributed by atoms with E-state index < -0.39 is 6.10 Å². The minimum absolute atomic E-state index is 0.173. The van der Waals surface area contributed by atoms with Gasteiger partial charge in [0.05, 0.1) is 23.0 Å². The molecule has 2 N–H and O–H groups in total. The van der Waals surface area contributed by atoms with E-state index in [1.54, 1.807) is 24.7 Å². The molecule has 1 aromatic carbocycles. The van der Waals surface area contributed by atoms with Crippen molar-refractivity contribution in [2.24, 2.45) is 0 Å². The molecule has 0 saturated heterocycles. The summed E-state index contributed by atoms with van der Waals surface area (Å²) >= 11 is 0. The molecular formula is C16H17N5O2. The lowest BCUT2D eigenvalue weighted by atomic mass is 10.2. The monoisotopic (exact) mass is 311 g/mol. The van der Waals surface area contributed by atoms with E-state index in [9.17, 15) is 9.90 Å². The topological polar surface area (TPSA) is 92.9 Å². The number of aliphatic hydroxyl groups excluding tert-OH is 1. The number of aliphatic hydroxyl groups is 1. The van der Waals surface area contributed by atoms with Crippen molar-refractivity contribution < 1.29 is 9.90 Å². The van der Waals surface area contributed by atoms with E-state index in [4.69, 9.17) is 0 Å². The fraction of sp³-hybridized carbons (Fsp3) is 0.250. The van der Waals surface area contributed by atoms with Crippen LogP contribution in [0.25, 0.3) is 16.6 Å². The maximum atomic E-state index is 12.1. The molecule has 0 aliphatic heterocycles. The predicted octanol–water partition coefficient (Wildman–Crippen LogP) is 1.23. The van der Waals surface area contributed by atoms with Crippen LogP contribution in [0.5, 0.6) is 0 Å². The highest BCUT2D eigenvalue weighted by Gasteiger charge is 2.17. The third-order valence-corrected chi connectivity index (χ3v) is 3.50. The zero-order chi connectivity index (χ0) is 16.4. The Bertz CT molecular complexity index is 857. The van der Waals surface area contributed by atoms with Crippen molar-refractivity contribution in [1.82, 2.24) is 25.3 Å². The lowest BCUT2D eigenvalue weighted by Gasteiger charge is -2.07. The molecule has 0 radical (unpaired) electrons. The van der Waals surface area contributed by atoms with E-state index in [1.807, 2.05) is 30.3 Å². The Labute approximate surface area is 133 Å². The minimum atomic E-state index is -0.609. The number of carbonyl (C=O) groups is 1. The van der Waals surface area contributed by atoms with Gasteiger partial charge in [0.1, 0.15) is 0 Å². The highest BCUT2D eigenvalue weighted by molar-refractivity contribution is 5.93. The summed E-state index contributed by atoms with van der Waals surface area (Å²) in [5.74, 6) is -0.350. The number of benzene rings is 1. The Morgan fingerprint density at radius 1 is 1.39 bits per heavy atom. The van der Waals surface area contributed by atoms with Crippen LogP contribution in [0.1, 0.15) is 23.1 Å². The maximum absolute atomic E-state index is 12.1. The van der Waals surface area contributed by atoms with Crippen molar-refractivity contribution in [3.8, 4) is 5.69 Å². The van der Waals surface area contributed by atoms with Gasteiger partial charge in [-0.15, -0.1) is 5.10 Å². The smallest absolute Gasteiger partial charge is 0.273 e. The Kier molecular flexibility index (Phi) is 4.03. The van der Waals surface area contributed by atoms with Crippen LogP contribution in [-0.2, 0) is 0 Å². The van der Waals surface area contributed by atoms with Gasteiger partial charge in [0.2, 0.25) is 0 Å². The van der Waals surface area contributed by atoms with Crippen molar-refractivity contribution in [3.05, 3.63) is 47.9 Å². The Morgan fingerprint density at radius 2 is 2.22 bits per heavy atom. The summed E-state index contributed by atoms with van der Waals surface area (Å²) in [5, 5.41) is 20.9. The number of rotatable bonds is 4. The minimum Gasteiger partial charge on any atom is -0.392 e. The van der Waals surface area contributed by atoms with E-state index in [0.717, 1.165) is 16.6 Å². The summed E-state index contributed by atoms with van der Waals surface area (Å²) in [6.45, 7) is 3.56. The largest absolute Gasteiger partial charge is 0.392 e. The van der Waals surface area contributed by atoms with E-state index in [1.165, 1.54) is 0 Å². The SMILES string of the molecule is Cc1c(C(=O)NCC(C)O)nnn1-c1ccc2ncccc2c1. The molecule has 118 valence electrons. The molecule has 3 rings (SSSR count). The van der Waals surface area contributed by atoms with E-state index >= 15 is 0 Å². The number of aromatic nitrogens is 4. The van der Waals surface area contributed by atoms with Crippen molar-refractivity contribution in [1.29, 1.82) is 0 Å². The average Bonchev–Trinajstić information content (AvgIpc) is 2.93. The maximum Gasteiger partial charge on any atom is 0.273 e. The van der Waals surface area contributed by atoms with Crippen LogP contribution >= 0.6 is 0 Å². The molecule has 0 fully saturated rings. The van der Waals surface area contributed by atoms with Crippen LogP contribution in [0, 0.1) is 6.92 Å². The number of pyridine rings is 1. The molecule has 1 atom stereocenters. The molecule has 1 unspecified atom stereocenters. The predicted molar refractivity (Wildman–Crippen MR) is 85.4 cm³/mol. The Morgan fingerprint density at radius 3 is 3.00 bits per heavy atom. The Hall–Kier alpha value is -2.80. The van der Waals surface area contributed by atoms with Gasteiger partial charge in [-0.05, 0) is 38.1 Å². The molecular weight excluding hydrogens is 294 g/mol. The van der Waals surface area contributed by atoms with Gasteiger partial charge in [0.15, 0.2) is 5.69 Å². The first kappa shape index (κ1) is 15.1. The molecule has 2 heterocycles. The molecule has 7 heteroatoms. The molecule has 0 spiro atoms. The standard InChI is InChI=1S/C16H17N5O2/c1-10(22)9-18-16(23)15-11(2)21(20-19-15)13-5-6-14-12(8-13)4-3-7-17-14/h3-8,10,22H,9H2,1-2H3,(H,18,23). The summed E-state index contributed by atoms with van der Waals surface area (Å²) < 4.78 is 1.61. The highest BCUT2D eigenvalue weighted by atomic mass is 16.3. The number of carbonyl (C=O) groups excluding carboxylic acids is 1. The molecule has 1 amide bonds. The van der Waals surface area contributed by atoms with Gasteiger partial charge >= 0.3 is 0 Å². The number of hydrogen-bond donors (Lipinski definition) is 2. The van der Waals surface area contributed by atoms with Gasteiger partial charge in [-0.1, -0.05) is 11.3 Å². The molecule has 3 aromatic rings. The van der Waals surface area contributed by atoms with Gasteiger partial charge in [-0.3, -0.25) is 9.78 Å². The summed E-state index contributed by atoms with van der Waals surface area (Å²) in [6.07, 6.45) is 1.13. The number of nitrogens with zero attached hydrogens (tertiary/aromatic N) is 4. The third kappa shape index (κ3) is 3.04. The summed E-state index contributed by atoms with van der Waals surface area (Å²) in [4.78, 5) is 16.4. The molecule has 23 heavy (non-hydrogen) atoms. The lowest BCUT2D eigenvalue weighted by molar-refractivity contribution is 0.0918. The van der Waals surface area contributed by atoms with Gasteiger partial charge in [-0.25, -0.2) is 4.68 Å². The zero-order valence-electron chi connectivity index (χ0n) is 12.9. The summed E-state index contributed by atoms with van der Waals surface area (Å²) in [6, 6.07) is 9.57. The van der Waals surface area contributed by atoms with Gasteiger partial charge in [0, 0.05) is 18.1 Å². The van der Waals surface area contributed by atoms with E-state index in [0.29, 0.717) is 5.69 Å². The molecule has 0 aliphatic carbocycles. The molecule has 7 nitrogen and oxygen atoms in total. The first-order valence-electron chi connectivity index (χ1n) is 7.30. The van der Waals surface area contributed by atoms with Crippen LogP contribution in [0.4, 0.5) is 0 Å². The zero-order valence-corrected chi connectivity index (χ0v) is 12.9. The van der Waals surface area contributed by atoms with Crippen LogP contribution < -0.4 is 5.32 Å². The first-order chi connectivity index (χ1) is 11.1. The quantitative estimate of drug-likeness (QED) is 0.756. The highest BCUT2D eigenvalue weighted by Crippen LogP contribution is 2.18. The van der Waals surface area contributed by atoms with Crippen molar-refractivity contribution in [2.75, 3.05) is 6.54 Å². The van der Waals surface area contributed by atoms with Gasteiger partial charge < -0.3 is 10.4 Å². The molecule has 2 aromatic heterocycles. The van der Waals surface area contributed by atoms with Crippen molar-refractivity contribution in [2.45, 2.75) is 20.0 Å². The van der Waals surface area contributed by atoms with Crippen LogP contribution in [-0.4, -0.2) is 43.6 Å². The second kappa shape index (κ2) is 6.13. The fourth-order valence-corrected chi connectivity index (χ4v) is 2.30. The number of hydrogen-bond acceptors (Lipinski definition) is 5. The number of amides is 1. The fourth-order valence-electron chi connectivity index (χ4n) is 2.30. The molecule has 0 bridgehead atoms. The van der Waals surface area contributed by atoms with Gasteiger partial charge in [-0.2, -0.15) is 0 Å². The number of fused-ring (bicyclic) bond motifs is 1. The van der Waals surface area contributed by atoms with E-state index in [2.05, 4.69) is 20.6 Å². The summed E-state index contributed by atoms with van der Waals surface area (Å²) in [5.41, 5.74) is 2.59. The lowest BCUT2D eigenvalue weighted by Crippen LogP contribution is -2.31. The second-order valence-corrected chi connectivity index (χ2v) is 5.37. The summed E-state index contributed by atoms with van der Waals surface area (Å²) in [7, 11) is 0. The van der Waals surface area contributed by atoms with Crippen LogP contribution in [0.15, 0.2) is 36.5 Å². The van der Waals surface area contributed by atoms with Crippen LogP contribution in [0.3, 0.4) is 0 Å². The normalized spacial score (nSPS) is 12.3. The average molecular weight is 311 g/mol. The van der Waals surface area contributed by atoms with Crippen molar-refractivity contribution in [3.63, 3.8) is 0 Å². The van der Waals surface area contributed by atoms with Crippen LogP contribution in [0.2, 0.25) is 0 Å².